The maximum absolute atomic E-state index is 5.55. The fraction of sp³-hybridized carbons (Fsp3) is 0.611. The van der Waals surface area contributed by atoms with Crippen molar-refractivity contribution in [2.24, 2.45) is 4.99 Å². The molecule has 5 heteroatoms. The van der Waals surface area contributed by atoms with Gasteiger partial charge in [0.05, 0.1) is 12.6 Å². The lowest BCUT2D eigenvalue weighted by Crippen LogP contribution is -2.38. The highest BCUT2D eigenvalue weighted by molar-refractivity contribution is 7.98. The molecule has 0 heterocycles. The van der Waals surface area contributed by atoms with E-state index < -0.39 is 0 Å². The average molecular weight is 338 g/mol. The number of aliphatic imine (C=N–C) groups is 1. The second kappa shape index (κ2) is 11.4. The van der Waals surface area contributed by atoms with Crippen LogP contribution in [0.15, 0.2) is 28.1 Å². The van der Waals surface area contributed by atoms with Gasteiger partial charge in [0.2, 0.25) is 0 Å². The summed E-state index contributed by atoms with van der Waals surface area (Å²) in [6.07, 6.45) is 3.38. The van der Waals surface area contributed by atoms with Crippen molar-refractivity contribution in [1.29, 1.82) is 0 Å². The summed E-state index contributed by atoms with van der Waals surface area (Å²) < 4.78 is 5.55. The largest absolute Gasteiger partial charge is 0.379 e. The molecule has 0 fully saturated rings. The quantitative estimate of drug-likeness (QED) is 0.313. The second-order valence-electron chi connectivity index (χ2n) is 5.71. The molecule has 2 N–H and O–H groups in total. The Morgan fingerprint density at radius 2 is 2.09 bits per heavy atom. The van der Waals surface area contributed by atoms with Crippen LogP contribution >= 0.6 is 11.8 Å². The SMILES string of the molecule is CCNC(=NCc1ccc(C)cc1SC)NCCCOC(C)C. The lowest BCUT2D eigenvalue weighted by atomic mass is 10.1. The Hall–Kier alpha value is -1.20. The molecule has 1 aromatic rings. The summed E-state index contributed by atoms with van der Waals surface area (Å²) in [5.41, 5.74) is 2.56. The van der Waals surface area contributed by atoms with Crippen LogP contribution in [0.1, 0.15) is 38.3 Å². The van der Waals surface area contributed by atoms with E-state index in [1.165, 1.54) is 16.0 Å². The fourth-order valence-corrected chi connectivity index (χ4v) is 2.78. The number of hydrogen-bond donors (Lipinski definition) is 2. The third kappa shape index (κ3) is 8.28. The van der Waals surface area contributed by atoms with Gasteiger partial charge in [0.1, 0.15) is 0 Å². The molecule has 0 saturated heterocycles. The van der Waals surface area contributed by atoms with Crippen LogP contribution in [-0.2, 0) is 11.3 Å². The smallest absolute Gasteiger partial charge is 0.191 e. The van der Waals surface area contributed by atoms with Crippen molar-refractivity contribution in [3.05, 3.63) is 29.3 Å². The molecular formula is C18H31N3OS. The summed E-state index contributed by atoms with van der Waals surface area (Å²) in [4.78, 5) is 6.00. The monoisotopic (exact) mass is 337 g/mol. The van der Waals surface area contributed by atoms with E-state index in [1.807, 2.05) is 0 Å². The third-order valence-corrected chi connectivity index (χ3v) is 4.08. The molecule has 130 valence electrons. The first-order chi connectivity index (χ1) is 11.1. The number of ether oxygens (including phenoxy) is 1. The van der Waals surface area contributed by atoms with Gasteiger partial charge in [0.25, 0.3) is 0 Å². The Bertz CT molecular complexity index is 489. The van der Waals surface area contributed by atoms with E-state index in [1.54, 1.807) is 11.8 Å². The van der Waals surface area contributed by atoms with E-state index in [4.69, 9.17) is 9.73 Å². The molecule has 0 atom stereocenters. The first-order valence-corrected chi connectivity index (χ1v) is 9.56. The van der Waals surface area contributed by atoms with Crippen LogP contribution in [0.5, 0.6) is 0 Å². The molecule has 0 saturated carbocycles. The molecule has 1 rings (SSSR count). The zero-order chi connectivity index (χ0) is 17.1. The van der Waals surface area contributed by atoms with Crippen molar-refractivity contribution in [2.45, 2.75) is 51.7 Å². The number of guanidine groups is 1. The Kier molecular flexibility index (Phi) is 9.80. The van der Waals surface area contributed by atoms with Crippen molar-refractivity contribution in [1.82, 2.24) is 10.6 Å². The molecular weight excluding hydrogens is 306 g/mol. The van der Waals surface area contributed by atoms with E-state index in [2.05, 4.69) is 62.8 Å². The average Bonchev–Trinajstić information content (AvgIpc) is 2.52. The predicted molar refractivity (Wildman–Crippen MR) is 101 cm³/mol. The molecule has 0 radical (unpaired) electrons. The molecule has 0 aliphatic carbocycles. The van der Waals surface area contributed by atoms with Gasteiger partial charge in [0.15, 0.2) is 5.96 Å². The van der Waals surface area contributed by atoms with Gasteiger partial charge in [-0.3, -0.25) is 0 Å². The van der Waals surface area contributed by atoms with Crippen LogP contribution in [0, 0.1) is 6.92 Å². The minimum atomic E-state index is 0.295. The summed E-state index contributed by atoms with van der Waals surface area (Å²) in [7, 11) is 0. The van der Waals surface area contributed by atoms with Crippen molar-refractivity contribution < 1.29 is 4.74 Å². The normalized spacial score (nSPS) is 11.8. The molecule has 0 amide bonds. The van der Waals surface area contributed by atoms with Gasteiger partial charge in [-0.05, 0) is 57.6 Å². The minimum Gasteiger partial charge on any atom is -0.379 e. The lowest BCUT2D eigenvalue weighted by Gasteiger charge is -2.13. The van der Waals surface area contributed by atoms with Crippen LogP contribution in [0.2, 0.25) is 0 Å². The van der Waals surface area contributed by atoms with E-state index in [0.29, 0.717) is 12.6 Å². The van der Waals surface area contributed by atoms with Crippen LogP contribution in [0.3, 0.4) is 0 Å². The van der Waals surface area contributed by atoms with E-state index >= 15 is 0 Å². The molecule has 0 bridgehead atoms. The van der Waals surface area contributed by atoms with Crippen LogP contribution in [0.25, 0.3) is 0 Å². The summed E-state index contributed by atoms with van der Waals surface area (Å²) in [6.45, 7) is 11.5. The molecule has 0 aliphatic rings. The standard InChI is InChI=1S/C18H31N3OS/c1-6-19-18(20-10-7-11-22-14(2)3)21-13-16-9-8-15(4)12-17(16)23-5/h8-9,12,14H,6-7,10-11,13H2,1-5H3,(H2,19,20,21). The van der Waals surface area contributed by atoms with Crippen molar-refractivity contribution in [3.8, 4) is 0 Å². The molecule has 0 aromatic heterocycles. The van der Waals surface area contributed by atoms with Crippen LogP contribution in [-0.4, -0.2) is 38.0 Å². The first kappa shape index (κ1) is 19.8. The molecule has 4 nitrogen and oxygen atoms in total. The van der Waals surface area contributed by atoms with Gasteiger partial charge in [-0.2, -0.15) is 0 Å². The minimum absolute atomic E-state index is 0.295. The van der Waals surface area contributed by atoms with Gasteiger partial charge < -0.3 is 15.4 Å². The van der Waals surface area contributed by atoms with Gasteiger partial charge in [0, 0.05) is 24.6 Å². The van der Waals surface area contributed by atoms with Gasteiger partial charge in [-0.15, -0.1) is 11.8 Å². The molecule has 1 aromatic carbocycles. The Morgan fingerprint density at radius 1 is 1.30 bits per heavy atom. The van der Waals surface area contributed by atoms with E-state index in [-0.39, 0.29) is 0 Å². The van der Waals surface area contributed by atoms with Gasteiger partial charge >= 0.3 is 0 Å². The first-order valence-electron chi connectivity index (χ1n) is 8.34. The number of benzene rings is 1. The number of hydrogen-bond acceptors (Lipinski definition) is 3. The van der Waals surface area contributed by atoms with Crippen LogP contribution in [0.4, 0.5) is 0 Å². The number of aryl methyl sites for hydroxylation is 1. The highest BCUT2D eigenvalue weighted by Crippen LogP contribution is 2.22. The molecule has 23 heavy (non-hydrogen) atoms. The summed E-state index contributed by atoms with van der Waals surface area (Å²) >= 11 is 1.78. The summed E-state index contributed by atoms with van der Waals surface area (Å²) in [5, 5.41) is 6.66. The number of nitrogens with one attached hydrogen (secondary N) is 2. The Balaban J connectivity index is 2.54. The fourth-order valence-electron chi connectivity index (χ4n) is 2.09. The highest BCUT2D eigenvalue weighted by Gasteiger charge is 2.03. The lowest BCUT2D eigenvalue weighted by molar-refractivity contribution is 0.0776. The van der Waals surface area contributed by atoms with Gasteiger partial charge in [-0.1, -0.05) is 12.1 Å². The second-order valence-corrected chi connectivity index (χ2v) is 6.56. The van der Waals surface area contributed by atoms with Crippen molar-refractivity contribution >= 4 is 17.7 Å². The summed E-state index contributed by atoms with van der Waals surface area (Å²) in [6, 6.07) is 6.54. The summed E-state index contributed by atoms with van der Waals surface area (Å²) in [5.74, 6) is 0.865. The van der Waals surface area contributed by atoms with Crippen molar-refractivity contribution in [2.75, 3.05) is 26.0 Å². The third-order valence-electron chi connectivity index (χ3n) is 3.26. The Labute approximate surface area is 145 Å². The zero-order valence-corrected chi connectivity index (χ0v) is 15.9. The topological polar surface area (TPSA) is 45.7 Å². The zero-order valence-electron chi connectivity index (χ0n) is 15.1. The highest BCUT2D eigenvalue weighted by atomic mass is 32.2. The molecule has 0 spiro atoms. The molecule has 0 aliphatic heterocycles. The van der Waals surface area contributed by atoms with Crippen molar-refractivity contribution in [3.63, 3.8) is 0 Å². The van der Waals surface area contributed by atoms with E-state index in [0.717, 1.165) is 32.1 Å². The van der Waals surface area contributed by atoms with Crippen LogP contribution < -0.4 is 10.6 Å². The number of thioether (sulfide) groups is 1. The maximum atomic E-state index is 5.55. The Morgan fingerprint density at radius 3 is 2.74 bits per heavy atom. The maximum Gasteiger partial charge on any atom is 0.191 e. The predicted octanol–water partition coefficient (Wildman–Crippen LogP) is 3.59. The van der Waals surface area contributed by atoms with E-state index in [9.17, 15) is 0 Å². The number of nitrogens with zero attached hydrogens (tertiary/aromatic N) is 1. The molecule has 0 unspecified atom stereocenters. The number of rotatable bonds is 9. The van der Waals surface area contributed by atoms with Gasteiger partial charge in [-0.25, -0.2) is 4.99 Å².